The lowest BCUT2D eigenvalue weighted by Crippen LogP contribution is -2.48. The van der Waals surface area contributed by atoms with Gasteiger partial charge >= 0.3 is 0 Å². The number of carbonyl (C=O) groups excluding carboxylic acids is 1. The van der Waals surface area contributed by atoms with Gasteiger partial charge in [-0.3, -0.25) is 9.59 Å². The van der Waals surface area contributed by atoms with Crippen molar-refractivity contribution in [2.24, 2.45) is 0 Å². The molecular formula is C10H12N2O2S. The van der Waals surface area contributed by atoms with Crippen LogP contribution in [0.1, 0.15) is 19.3 Å². The van der Waals surface area contributed by atoms with Gasteiger partial charge in [-0.15, -0.1) is 12.6 Å². The summed E-state index contributed by atoms with van der Waals surface area (Å²) in [5.74, 6) is 0.00950. The second kappa shape index (κ2) is 4.10. The Morgan fingerprint density at radius 3 is 2.73 bits per heavy atom. The van der Waals surface area contributed by atoms with Crippen LogP contribution < -0.4 is 10.6 Å². The number of nitrogens with zero attached hydrogens (tertiary/aromatic N) is 2. The molecule has 15 heavy (non-hydrogen) atoms. The van der Waals surface area contributed by atoms with E-state index in [0.29, 0.717) is 17.9 Å². The molecule has 2 rings (SSSR count). The number of pyridine rings is 1. The summed E-state index contributed by atoms with van der Waals surface area (Å²) in [6, 6.07) is 3.11. The molecule has 4 nitrogen and oxygen atoms in total. The molecule has 1 aliphatic heterocycles. The van der Waals surface area contributed by atoms with Crippen molar-refractivity contribution in [1.29, 1.82) is 0 Å². The lowest BCUT2D eigenvalue weighted by atomic mass is 10.1. The van der Waals surface area contributed by atoms with Crippen LogP contribution in [0.2, 0.25) is 0 Å². The molecule has 1 aromatic heterocycles. The van der Waals surface area contributed by atoms with Crippen molar-refractivity contribution in [3.8, 4) is 0 Å². The SMILES string of the molecule is O=C1CCCCN1n1ccc(S)cc1=O. The Bertz CT molecular complexity index is 441. The van der Waals surface area contributed by atoms with Crippen molar-refractivity contribution in [3.63, 3.8) is 0 Å². The van der Waals surface area contributed by atoms with E-state index in [-0.39, 0.29) is 11.5 Å². The second-order valence-corrected chi connectivity index (χ2v) is 4.06. The molecule has 0 radical (unpaired) electrons. The van der Waals surface area contributed by atoms with Gasteiger partial charge in [0.1, 0.15) is 0 Å². The summed E-state index contributed by atoms with van der Waals surface area (Å²) in [5.41, 5.74) is -0.210. The summed E-state index contributed by atoms with van der Waals surface area (Å²) in [4.78, 5) is 23.8. The molecule has 0 aromatic carbocycles. The quantitative estimate of drug-likeness (QED) is 0.716. The molecule has 1 amide bonds. The van der Waals surface area contributed by atoms with Crippen LogP contribution in [0.4, 0.5) is 0 Å². The largest absolute Gasteiger partial charge is 0.273 e. The fourth-order valence-electron chi connectivity index (χ4n) is 1.68. The highest BCUT2D eigenvalue weighted by Crippen LogP contribution is 2.09. The van der Waals surface area contributed by atoms with E-state index in [0.717, 1.165) is 12.8 Å². The van der Waals surface area contributed by atoms with E-state index in [1.54, 1.807) is 12.3 Å². The van der Waals surface area contributed by atoms with Gasteiger partial charge in [0, 0.05) is 30.1 Å². The topological polar surface area (TPSA) is 42.3 Å². The standard InChI is InChI=1S/C10H12N2O2S/c13-9-3-1-2-5-11(9)12-6-4-8(15)7-10(12)14/h4,6-7,15H,1-3,5H2. The maximum atomic E-state index is 11.6. The molecule has 1 saturated heterocycles. The number of piperidine rings is 1. The van der Waals surface area contributed by atoms with Crippen molar-refractivity contribution >= 4 is 18.5 Å². The Hall–Kier alpha value is -1.23. The smallest absolute Gasteiger partial charge is 0.270 e. The first-order chi connectivity index (χ1) is 7.18. The predicted molar refractivity (Wildman–Crippen MR) is 59.9 cm³/mol. The lowest BCUT2D eigenvalue weighted by molar-refractivity contribution is -0.121. The Morgan fingerprint density at radius 1 is 1.27 bits per heavy atom. The maximum absolute atomic E-state index is 11.6. The van der Waals surface area contributed by atoms with Crippen LogP contribution in [0.25, 0.3) is 0 Å². The van der Waals surface area contributed by atoms with Gasteiger partial charge in [-0.1, -0.05) is 0 Å². The number of carbonyl (C=O) groups is 1. The minimum atomic E-state index is -0.210. The van der Waals surface area contributed by atoms with Crippen molar-refractivity contribution in [2.75, 3.05) is 11.6 Å². The normalized spacial score (nSPS) is 16.9. The van der Waals surface area contributed by atoms with E-state index >= 15 is 0 Å². The van der Waals surface area contributed by atoms with E-state index in [1.165, 1.54) is 15.8 Å². The Balaban J connectivity index is 2.36. The molecule has 0 spiro atoms. The molecule has 0 N–H and O–H groups in total. The number of aromatic nitrogens is 1. The molecular weight excluding hydrogens is 212 g/mol. The van der Waals surface area contributed by atoms with Crippen LogP contribution in [0, 0.1) is 0 Å². The lowest BCUT2D eigenvalue weighted by Gasteiger charge is -2.27. The Kier molecular flexibility index (Phi) is 2.81. The minimum absolute atomic E-state index is 0.00950. The number of amides is 1. The molecule has 0 saturated carbocycles. The van der Waals surface area contributed by atoms with Crippen molar-refractivity contribution in [2.45, 2.75) is 24.2 Å². The van der Waals surface area contributed by atoms with Crippen LogP contribution >= 0.6 is 12.6 Å². The van der Waals surface area contributed by atoms with Gasteiger partial charge in [0.15, 0.2) is 0 Å². The number of thiol groups is 1. The van der Waals surface area contributed by atoms with Crippen LogP contribution in [-0.4, -0.2) is 17.1 Å². The zero-order chi connectivity index (χ0) is 10.8. The summed E-state index contributed by atoms with van der Waals surface area (Å²) < 4.78 is 1.36. The highest BCUT2D eigenvalue weighted by atomic mass is 32.1. The van der Waals surface area contributed by atoms with E-state index in [9.17, 15) is 9.59 Å². The van der Waals surface area contributed by atoms with Gasteiger partial charge < -0.3 is 0 Å². The van der Waals surface area contributed by atoms with Crippen LogP contribution in [0.3, 0.4) is 0 Å². The molecule has 5 heteroatoms. The van der Waals surface area contributed by atoms with Gasteiger partial charge in [0.05, 0.1) is 0 Å². The summed E-state index contributed by atoms with van der Waals surface area (Å²) >= 11 is 4.07. The van der Waals surface area contributed by atoms with E-state index < -0.39 is 0 Å². The van der Waals surface area contributed by atoms with Crippen molar-refractivity contribution in [3.05, 3.63) is 28.7 Å². The highest BCUT2D eigenvalue weighted by molar-refractivity contribution is 7.80. The summed E-state index contributed by atoms with van der Waals surface area (Å²) in [7, 11) is 0. The first-order valence-corrected chi connectivity index (χ1v) is 5.35. The monoisotopic (exact) mass is 224 g/mol. The minimum Gasteiger partial charge on any atom is -0.273 e. The number of rotatable bonds is 1. The molecule has 2 heterocycles. The zero-order valence-electron chi connectivity index (χ0n) is 8.22. The fraction of sp³-hybridized carbons (Fsp3) is 0.400. The zero-order valence-corrected chi connectivity index (χ0v) is 9.11. The van der Waals surface area contributed by atoms with Crippen LogP contribution in [0.5, 0.6) is 0 Å². The molecule has 0 aliphatic carbocycles. The van der Waals surface area contributed by atoms with Gasteiger partial charge in [-0.25, -0.2) is 9.69 Å². The second-order valence-electron chi connectivity index (χ2n) is 3.54. The number of hydrogen-bond donors (Lipinski definition) is 1. The third-order valence-corrected chi connectivity index (χ3v) is 2.72. The third kappa shape index (κ3) is 2.07. The third-order valence-electron chi connectivity index (χ3n) is 2.44. The molecule has 1 aromatic rings. The predicted octanol–water partition coefficient (Wildman–Crippen LogP) is 0.786. The van der Waals surface area contributed by atoms with Crippen LogP contribution in [0.15, 0.2) is 28.0 Å². The van der Waals surface area contributed by atoms with E-state index in [4.69, 9.17) is 0 Å². The Morgan fingerprint density at radius 2 is 2.07 bits per heavy atom. The molecule has 80 valence electrons. The first-order valence-electron chi connectivity index (χ1n) is 4.91. The van der Waals surface area contributed by atoms with Gasteiger partial charge in [-0.05, 0) is 18.9 Å². The average Bonchev–Trinajstić information content (AvgIpc) is 2.20. The molecule has 0 bridgehead atoms. The first kappa shape index (κ1) is 10.3. The van der Waals surface area contributed by atoms with Gasteiger partial charge in [0.2, 0.25) is 5.91 Å². The van der Waals surface area contributed by atoms with Crippen molar-refractivity contribution in [1.82, 2.24) is 4.68 Å². The summed E-state index contributed by atoms with van der Waals surface area (Å²) in [6.07, 6.45) is 3.97. The van der Waals surface area contributed by atoms with E-state index in [1.807, 2.05) is 0 Å². The fourth-order valence-corrected chi connectivity index (χ4v) is 1.86. The van der Waals surface area contributed by atoms with Gasteiger partial charge in [0.25, 0.3) is 5.56 Å². The molecule has 1 fully saturated rings. The summed E-state index contributed by atoms with van der Waals surface area (Å²) in [6.45, 7) is 0.616. The highest BCUT2D eigenvalue weighted by Gasteiger charge is 2.19. The molecule has 0 unspecified atom stereocenters. The summed E-state index contributed by atoms with van der Waals surface area (Å²) in [5, 5.41) is 1.50. The number of hydrogen-bond acceptors (Lipinski definition) is 3. The Labute approximate surface area is 92.9 Å². The van der Waals surface area contributed by atoms with E-state index in [2.05, 4.69) is 12.6 Å². The van der Waals surface area contributed by atoms with Gasteiger partial charge in [-0.2, -0.15) is 0 Å². The van der Waals surface area contributed by atoms with Crippen molar-refractivity contribution < 1.29 is 4.79 Å². The average molecular weight is 224 g/mol. The maximum Gasteiger partial charge on any atom is 0.270 e. The molecule has 0 atom stereocenters. The molecule has 1 aliphatic rings. The van der Waals surface area contributed by atoms with Crippen LogP contribution in [-0.2, 0) is 4.79 Å².